The molecular weight excluding hydrogens is 283 g/mol. The number of unbranched alkanes of at least 4 members (excludes halogenated alkanes) is 3. The van der Waals surface area contributed by atoms with Crippen LogP contribution in [0.15, 0.2) is 0 Å². The number of hydrogen-bond donors (Lipinski definition) is 0. The second-order valence-corrected chi connectivity index (χ2v) is 11.0. The summed E-state index contributed by atoms with van der Waals surface area (Å²) in [4.78, 5) is 0. The van der Waals surface area contributed by atoms with Crippen molar-refractivity contribution < 1.29 is 12.4 Å². The van der Waals surface area contributed by atoms with E-state index in [0.717, 1.165) is 5.92 Å². The lowest BCUT2D eigenvalue weighted by molar-refractivity contribution is -0.00000462. The minimum atomic E-state index is -0.632. The molecule has 0 heterocycles. The molecule has 0 aromatic rings. The predicted molar refractivity (Wildman–Crippen MR) is 95.2 cm³/mol. The van der Waals surface area contributed by atoms with E-state index in [4.69, 9.17) is 0 Å². The SMILES string of the molecule is CCCC[P+](CCCC)(CCCC)CC(C)CCC.[Cl-]. The normalized spacial score (nSPS) is 13.1. The van der Waals surface area contributed by atoms with Gasteiger partial charge in [-0.3, -0.25) is 0 Å². The topological polar surface area (TPSA) is 0 Å². The Labute approximate surface area is 136 Å². The van der Waals surface area contributed by atoms with Crippen molar-refractivity contribution in [2.24, 2.45) is 5.92 Å². The molecule has 0 N–H and O–H groups in total. The summed E-state index contributed by atoms with van der Waals surface area (Å²) in [6.07, 6.45) is 17.8. The average Bonchev–Trinajstić information content (AvgIpc) is 2.40. The van der Waals surface area contributed by atoms with E-state index in [2.05, 4.69) is 34.6 Å². The summed E-state index contributed by atoms with van der Waals surface area (Å²) < 4.78 is 0. The van der Waals surface area contributed by atoms with Crippen molar-refractivity contribution >= 4 is 7.26 Å². The highest BCUT2D eigenvalue weighted by Gasteiger charge is 2.36. The molecule has 1 unspecified atom stereocenters. The lowest BCUT2D eigenvalue weighted by Gasteiger charge is -2.30. The van der Waals surface area contributed by atoms with Gasteiger partial charge in [-0.25, -0.2) is 0 Å². The van der Waals surface area contributed by atoms with E-state index < -0.39 is 7.26 Å². The first-order valence-corrected chi connectivity index (χ1v) is 11.5. The molecule has 0 amide bonds. The Balaban J connectivity index is 0. The Morgan fingerprint density at radius 3 is 1.40 bits per heavy atom. The van der Waals surface area contributed by atoms with Crippen LogP contribution in [0.5, 0.6) is 0 Å². The van der Waals surface area contributed by atoms with Crippen LogP contribution in [0.2, 0.25) is 0 Å². The van der Waals surface area contributed by atoms with Crippen molar-refractivity contribution in [2.75, 3.05) is 24.6 Å². The molecule has 0 spiro atoms. The molecule has 0 rings (SSSR count). The monoisotopic (exact) mass is 322 g/mol. The molecule has 2 heteroatoms. The van der Waals surface area contributed by atoms with Gasteiger partial charge in [0.05, 0.1) is 24.6 Å². The number of halogens is 1. The highest BCUT2D eigenvalue weighted by molar-refractivity contribution is 7.75. The summed E-state index contributed by atoms with van der Waals surface area (Å²) in [5.41, 5.74) is 0. The molecule has 0 fully saturated rings. The Hall–Kier alpha value is 0.720. The Bertz CT molecular complexity index is 172. The van der Waals surface area contributed by atoms with Crippen LogP contribution in [-0.4, -0.2) is 24.6 Å². The molecule has 0 nitrogen and oxygen atoms in total. The van der Waals surface area contributed by atoms with Gasteiger partial charge in [0.2, 0.25) is 0 Å². The van der Waals surface area contributed by atoms with Gasteiger partial charge in [0, 0.05) is 7.26 Å². The standard InChI is InChI=1S/C18H40P.ClH/c1-6-10-14-19(15-11-7-2,16-12-8-3)17-18(5)13-9-4;/h18H,6-17H2,1-5H3;1H/q+1;/p-1. The number of hydrogen-bond acceptors (Lipinski definition) is 0. The van der Waals surface area contributed by atoms with E-state index in [1.165, 1.54) is 51.4 Å². The van der Waals surface area contributed by atoms with Crippen molar-refractivity contribution in [2.45, 2.75) is 86.0 Å². The van der Waals surface area contributed by atoms with Crippen LogP contribution >= 0.6 is 7.26 Å². The van der Waals surface area contributed by atoms with Gasteiger partial charge in [0.25, 0.3) is 0 Å². The lowest BCUT2D eigenvalue weighted by Crippen LogP contribution is -3.00. The zero-order chi connectivity index (χ0) is 14.6. The van der Waals surface area contributed by atoms with Gasteiger partial charge in [-0.2, -0.15) is 0 Å². The zero-order valence-corrected chi connectivity index (χ0v) is 16.5. The molecule has 0 aliphatic carbocycles. The van der Waals surface area contributed by atoms with Crippen LogP contribution in [-0.2, 0) is 0 Å². The largest absolute Gasteiger partial charge is 1.00 e. The molecule has 124 valence electrons. The molecule has 0 aromatic heterocycles. The van der Waals surface area contributed by atoms with E-state index in [1.54, 1.807) is 24.6 Å². The van der Waals surface area contributed by atoms with E-state index in [1.807, 2.05) is 0 Å². The van der Waals surface area contributed by atoms with Crippen LogP contribution in [0.25, 0.3) is 0 Å². The van der Waals surface area contributed by atoms with Crippen LogP contribution in [0, 0.1) is 5.92 Å². The van der Waals surface area contributed by atoms with Crippen molar-refractivity contribution in [1.29, 1.82) is 0 Å². The maximum atomic E-state index is 2.52. The minimum Gasteiger partial charge on any atom is -1.00 e. The van der Waals surface area contributed by atoms with Gasteiger partial charge < -0.3 is 12.4 Å². The van der Waals surface area contributed by atoms with Gasteiger partial charge in [-0.15, -0.1) is 0 Å². The molecule has 0 aromatic carbocycles. The van der Waals surface area contributed by atoms with Crippen LogP contribution in [0.3, 0.4) is 0 Å². The first kappa shape index (κ1) is 23.0. The molecule has 20 heavy (non-hydrogen) atoms. The van der Waals surface area contributed by atoms with Crippen LogP contribution in [0.1, 0.15) is 86.0 Å². The fourth-order valence-corrected chi connectivity index (χ4v) is 9.02. The minimum absolute atomic E-state index is 0. The van der Waals surface area contributed by atoms with Gasteiger partial charge >= 0.3 is 0 Å². The summed E-state index contributed by atoms with van der Waals surface area (Å²) in [7, 11) is -0.632. The summed E-state index contributed by atoms with van der Waals surface area (Å²) in [6, 6.07) is 0. The molecule has 0 radical (unpaired) electrons. The Morgan fingerprint density at radius 2 is 1.10 bits per heavy atom. The Morgan fingerprint density at radius 1 is 0.700 bits per heavy atom. The van der Waals surface area contributed by atoms with Crippen LogP contribution < -0.4 is 12.4 Å². The smallest absolute Gasteiger partial charge is 0.0619 e. The van der Waals surface area contributed by atoms with Gasteiger partial charge in [-0.1, -0.05) is 60.3 Å². The second kappa shape index (κ2) is 14.6. The number of rotatable bonds is 13. The van der Waals surface area contributed by atoms with Crippen LogP contribution in [0.4, 0.5) is 0 Å². The van der Waals surface area contributed by atoms with E-state index in [-0.39, 0.29) is 12.4 Å². The fraction of sp³-hybridized carbons (Fsp3) is 1.00. The molecule has 1 atom stereocenters. The molecule has 0 saturated heterocycles. The first-order valence-electron chi connectivity index (χ1n) is 8.99. The van der Waals surface area contributed by atoms with E-state index in [0.29, 0.717) is 0 Å². The highest BCUT2D eigenvalue weighted by atomic mass is 35.5. The maximum Gasteiger partial charge on any atom is 0.0619 e. The summed E-state index contributed by atoms with van der Waals surface area (Å²) in [5, 5.41) is 0. The molecule has 0 saturated carbocycles. The third-order valence-corrected chi connectivity index (χ3v) is 9.63. The lowest BCUT2D eigenvalue weighted by atomic mass is 10.1. The zero-order valence-electron chi connectivity index (χ0n) is 14.9. The van der Waals surface area contributed by atoms with E-state index in [9.17, 15) is 0 Å². The third kappa shape index (κ3) is 10.4. The third-order valence-electron chi connectivity index (χ3n) is 4.44. The molecule has 0 bridgehead atoms. The average molecular weight is 323 g/mol. The molecule has 0 aliphatic heterocycles. The maximum absolute atomic E-state index is 2.52. The predicted octanol–water partition coefficient (Wildman–Crippen LogP) is 3.84. The fourth-order valence-electron chi connectivity index (χ4n) is 3.34. The van der Waals surface area contributed by atoms with Gasteiger partial charge in [0.15, 0.2) is 0 Å². The van der Waals surface area contributed by atoms with E-state index >= 15 is 0 Å². The summed E-state index contributed by atoms with van der Waals surface area (Å²) in [5.74, 6) is 0.976. The summed E-state index contributed by atoms with van der Waals surface area (Å²) in [6.45, 7) is 12.0. The van der Waals surface area contributed by atoms with Gasteiger partial charge in [0.1, 0.15) is 0 Å². The molecular formula is C18H40ClP. The quantitative estimate of drug-likeness (QED) is 0.452. The van der Waals surface area contributed by atoms with Crippen molar-refractivity contribution in [3.8, 4) is 0 Å². The van der Waals surface area contributed by atoms with Crippen molar-refractivity contribution in [1.82, 2.24) is 0 Å². The van der Waals surface area contributed by atoms with Gasteiger partial charge in [-0.05, 0) is 31.6 Å². The highest BCUT2D eigenvalue weighted by Crippen LogP contribution is 2.62. The first-order chi connectivity index (χ1) is 9.14. The Kier molecular flexibility index (Phi) is 16.8. The molecule has 0 aliphatic rings. The van der Waals surface area contributed by atoms with Crippen molar-refractivity contribution in [3.63, 3.8) is 0 Å². The second-order valence-electron chi connectivity index (χ2n) is 6.65. The summed E-state index contributed by atoms with van der Waals surface area (Å²) >= 11 is 0. The van der Waals surface area contributed by atoms with Crippen molar-refractivity contribution in [3.05, 3.63) is 0 Å².